The summed E-state index contributed by atoms with van der Waals surface area (Å²) < 4.78 is 83.2. The molecule has 4 aromatic rings. The van der Waals surface area contributed by atoms with Crippen LogP contribution in [0.4, 0.5) is 26.3 Å². The van der Waals surface area contributed by atoms with Gasteiger partial charge in [0, 0.05) is 10.9 Å². The number of aryl methyl sites for hydroxylation is 1. The van der Waals surface area contributed by atoms with Gasteiger partial charge in [-0.15, -0.1) is 13.2 Å². The molecular formula is C30H22F6O. The van der Waals surface area contributed by atoms with Gasteiger partial charge in [0.15, 0.2) is 11.6 Å². The molecule has 190 valence electrons. The summed E-state index contributed by atoms with van der Waals surface area (Å²) in [7, 11) is 0. The van der Waals surface area contributed by atoms with Gasteiger partial charge in [-0.05, 0) is 59.2 Å². The van der Waals surface area contributed by atoms with Crippen molar-refractivity contribution < 1.29 is 31.1 Å². The Morgan fingerprint density at radius 3 is 2.08 bits per heavy atom. The van der Waals surface area contributed by atoms with Gasteiger partial charge in [-0.3, -0.25) is 0 Å². The fraction of sp³-hybridized carbons (Fsp3) is 0.200. The monoisotopic (exact) mass is 512 g/mol. The first-order valence-corrected chi connectivity index (χ1v) is 11.7. The molecule has 0 aliphatic heterocycles. The van der Waals surface area contributed by atoms with E-state index in [1.165, 1.54) is 24.5 Å². The minimum Gasteiger partial charge on any atom is -0.399 e. The minimum absolute atomic E-state index is 0.0203. The molecule has 0 aliphatic rings. The van der Waals surface area contributed by atoms with Crippen LogP contribution >= 0.6 is 0 Å². The van der Waals surface area contributed by atoms with E-state index < -0.39 is 29.6 Å². The van der Waals surface area contributed by atoms with Crippen molar-refractivity contribution in [3.8, 4) is 28.7 Å². The molecule has 0 fully saturated rings. The first-order valence-electron chi connectivity index (χ1n) is 11.7. The van der Waals surface area contributed by atoms with E-state index in [0.29, 0.717) is 22.9 Å². The number of ether oxygens (including phenoxy) is 1. The van der Waals surface area contributed by atoms with Crippen molar-refractivity contribution in [3.63, 3.8) is 0 Å². The highest BCUT2D eigenvalue weighted by molar-refractivity contribution is 5.89. The molecule has 0 aliphatic carbocycles. The zero-order valence-corrected chi connectivity index (χ0v) is 19.9. The molecule has 7 heteroatoms. The number of fused-ring (bicyclic) bond motifs is 1. The maximum absolute atomic E-state index is 15.1. The Hall–Kier alpha value is -3.92. The van der Waals surface area contributed by atoms with Crippen LogP contribution in [0.25, 0.3) is 21.9 Å². The molecule has 0 amide bonds. The van der Waals surface area contributed by atoms with Gasteiger partial charge in [0.25, 0.3) is 0 Å². The average Bonchev–Trinajstić information content (AvgIpc) is 2.86. The second-order valence-corrected chi connectivity index (χ2v) is 8.58. The van der Waals surface area contributed by atoms with Crippen LogP contribution in [-0.4, -0.2) is 6.36 Å². The number of rotatable bonds is 6. The molecule has 0 unspecified atom stereocenters. The van der Waals surface area contributed by atoms with Gasteiger partial charge in [0.1, 0.15) is 5.82 Å². The summed E-state index contributed by atoms with van der Waals surface area (Å²) in [6.07, 6.45) is -0.699. The molecular weight excluding hydrogens is 490 g/mol. The Kier molecular flexibility index (Phi) is 7.77. The van der Waals surface area contributed by atoms with Crippen LogP contribution in [0.1, 0.15) is 42.9 Å². The standard InChI is InChI=1S/C30H22F6O/c1-2-3-4-5-19-6-9-21(10-7-19)23-14-15-25-24(18-23)13-12-22(28(25)33)11-8-20-16-26(31)29(27(32)17-20)37-30(34,35)36/h6-7,9-10,12-18H,2-5H2,1H3. The molecule has 0 saturated heterocycles. The smallest absolute Gasteiger partial charge is 0.399 e. The predicted molar refractivity (Wildman–Crippen MR) is 132 cm³/mol. The highest BCUT2D eigenvalue weighted by Crippen LogP contribution is 2.30. The third kappa shape index (κ3) is 6.45. The normalized spacial score (nSPS) is 11.3. The molecule has 0 radical (unpaired) electrons. The van der Waals surface area contributed by atoms with Crippen molar-refractivity contribution in [2.75, 3.05) is 0 Å². The lowest BCUT2D eigenvalue weighted by Gasteiger charge is -2.10. The van der Waals surface area contributed by atoms with Gasteiger partial charge in [-0.25, -0.2) is 13.2 Å². The first-order chi connectivity index (χ1) is 17.6. The van der Waals surface area contributed by atoms with Crippen molar-refractivity contribution in [2.24, 2.45) is 0 Å². The highest BCUT2D eigenvalue weighted by atomic mass is 19.4. The van der Waals surface area contributed by atoms with Gasteiger partial charge < -0.3 is 4.74 Å². The van der Waals surface area contributed by atoms with Gasteiger partial charge in [0.2, 0.25) is 5.75 Å². The van der Waals surface area contributed by atoms with E-state index in [0.717, 1.165) is 24.0 Å². The Morgan fingerprint density at radius 2 is 1.43 bits per heavy atom. The van der Waals surface area contributed by atoms with Crippen LogP contribution in [0, 0.1) is 29.3 Å². The van der Waals surface area contributed by atoms with E-state index >= 15 is 4.39 Å². The van der Waals surface area contributed by atoms with Crippen molar-refractivity contribution >= 4 is 10.8 Å². The molecule has 37 heavy (non-hydrogen) atoms. The van der Waals surface area contributed by atoms with Crippen LogP contribution in [0.3, 0.4) is 0 Å². The SMILES string of the molecule is CCCCCc1ccc(-c2ccc3c(F)c(C#Cc4cc(F)c(OC(F)(F)F)c(F)c4)ccc3c2)cc1. The summed E-state index contributed by atoms with van der Waals surface area (Å²) >= 11 is 0. The van der Waals surface area contributed by atoms with Gasteiger partial charge in [-0.1, -0.05) is 74.1 Å². The Labute approximate surface area is 210 Å². The van der Waals surface area contributed by atoms with E-state index in [-0.39, 0.29) is 11.1 Å². The third-order valence-electron chi connectivity index (χ3n) is 5.87. The summed E-state index contributed by atoms with van der Waals surface area (Å²) in [5.74, 6) is -0.430. The second-order valence-electron chi connectivity index (χ2n) is 8.58. The van der Waals surface area contributed by atoms with Gasteiger partial charge in [-0.2, -0.15) is 0 Å². The number of hydrogen-bond donors (Lipinski definition) is 0. The lowest BCUT2D eigenvalue weighted by atomic mass is 9.98. The lowest BCUT2D eigenvalue weighted by Crippen LogP contribution is -2.19. The Bertz CT molecular complexity index is 1450. The summed E-state index contributed by atoms with van der Waals surface area (Å²) in [6.45, 7) is 2.17. The minimum atomic E-state index is -5.25. The Balaban J connectivity index is 1.57. The summed E-state index contributed by atoms with van der Waals surface area (Å²) in [4.78, 5) is 0. The van der Waals surface area contributed by atoms with E-state index in [1.54, 1.807) is 18.2 Å². The fourth-order valence-corrected chi connectivity index (χ4v) is 4.00. The molecule has 0 bridgehead atoms. The maximum Gasteiger partial charge on any atom is 0.573 e. The zero-order valence-electron chi connectivity index (χ0n) is 19.9. The van der Waals surface area contributed by atoms with Crippen molar-refractivity contribution in [1.82, 2.24) is 0 Å². The van der Waals surface area contributed by atoms with Crippen LogP contribution in [0.2, 0.25) is 0 Å². The first kappa shape index (κ1) is 26.2. The lowest BCUT2D eigenvalue weighted by molar-refractivity contribution is -0.276. The van der Waals surface area contributed by atoms with Crippen LogP contribution in [0.5, 0.6) is 5.75 Å². The topological polar surface area (TPSA) is 9.23 Å². The second kappa shape index (κ2) is 11.0. The molecule has 4 rings (SSSR count). The molecule has 0 saturated carbocycles. The quantitative estimate of drug-likeness (QED) is 0.142. The fourth-order valence-electron chi connectivity index (χ4n) is 4.00. The van der Waals surface area contributed by atoms with Crippen molar-refractivity contribution in [3.05, 3.63) is 101 Å². The molecule has 0 aromatic heterocycles. The van der Waals surface area contributed by atoms with Crippen molar-refractivity contribution in [2.45, 2.75) is 39.0 Å². The number of halogens is 6. The van der Waals surface area contributed by atoms with E-state index in [9.17, 15) is 22.0 Å². The predicted octanol–water partition coefficient (Wildman–Crippen LogP) is 8.96. The van der Waals surface area contributed by atoms with Crippen LogP contribution < -0.4 is 4.74 Å². The molecule has 4 aromatic carbocycles. The van der Waals surface area contributed by atoms with Crippen molar-refractivity contribution in [1.29, 1.82) is 0 Å². The third-order valence-corrected chi connectivity index (χ3v) is 5.87. The number of alkyl halides is 3. The van der Waals surface area contributed by atoms with E-state index in [1.807, 2.05) is 18.2 Å². The van der Waals surface area contributed by atoms with Gasteiger partial charge >= 0.3 is 6.36 Å². The zero-order chi connectivity index (χ0) is 26.6. The summed E-state index contributed by atoms with van der Waals surface area (Å²) in [6, 6.07) is 17.9. The van der Waals surface area contributed by atoms with E-state index in [2.05, 4.69) is 35.6 Å². The van der Waals surface area contributed by atoms with Crippen LogP contribution in [-0.2, 0) is 6.42 Å². The molecule has 0 atom stereocenters. The molecule has 0 spiro atoms. The maximum atomic E-state index is 15.1. The Morgan fingerprint density at radius 1 is 0.757 bits per heavy atom. The van der Waals surface area contributed by atoms with Gasteiger partial charge in [0.05, 0.1) is 5.56 Å². The number of hydrogen-bond acceptors (Lipinski definition) is 1. The number of benzene rings is 4. The summed E-state index contributed by atoms with van der Waals surface area (Å²) in [5.41, 5.74) is 2.92. The average molecular weight is 512 g/mol. The van der Waals surface area contributed by atoms with Crippen LogP contribution in [0.15, 0.2) is 66.7 Å². The van der Waals surface area contributed by atoms with E-state index in [4.69, 9.17) is 0 Å². The summed E-state index contributed by atoms with van der Waals surface area (Å²) in [5, 5.41) is 0.969. The number of unbranched alkanes of at least 4 members (excludes halogenated alkanes) is 2. The molecule has 0 N–H and O–H groups in total. The molecule has 0 heterocycles. The highest BCUT2D eigenvalue weighted by Gasteiger charge is 2.34. The largest absolute Gasteiger partial charge is 0.573 e. The molecule has 1 nitrogen and oxygen atoms in total.